The number of aromatic nitrogens is 4. The van der Waals surface area contributed by atoms with Gasteiger partial charge in [-0.2, -0.15) is 9.78 Å². The maximum absolute atomic E-state index is 12.0. The molecule has 10 nitrogen and oxygen atoms in total. The molecular weight excluding hydrogens is 424 g/mol. The molecule has 2 aromatic heterocycles. The molecule has 0 fully saturated rings. The number of benzene rings is 2. The molecule has 4 rings (SSSR count). The van der Waals surface area contributed by atoms with Gasteiger partial charge in [0.15, 0.2) is 18.1 Å². The molecule has 0 unspecified atom stereocenters. The zero-order valence-corrected chi connectivity index (χ0v) is 17.8. The van der Waals surface area contributed by atoms with Crippen LogP contribution in [0.1, 0.15) is 5.56 Å². The van der Waals surface area contributed by atoms with E-state index in [1.165, 1.54) is 0 Å². The lowest BCUT2D eigenvalue weighted by atomic mass is 10.2. The van der Waals surface area contributed by atoms with Crippen LogP contribution in [0.15, 0.2) is 60.7 Å². The molecular formula is C23H20N6O4. The Balaban J connectivity index is 1.30. The van der Waals surface area contributed by atoms with Gasteiger partial charge in [0.05, 0.1) is 30.9 Å². The van der Waals surface area contributed by atoms with Crippen molar-refractivity contribution < 1.29 is 19.0 Å². The highest BCUT2D eigenvalue weighted by atomic mass is 16.5. The number of para-hydroxylation sites is 1. The highest BCUT2D eigenvalue weighted by molar-refractivity contribution is 5.77. The second kappa shape index (κ2) is 10.1. The van der Waals surface area contributed by atoms with Crippen molar-refractivity contribution in [1.29, 1.82) is 5.26 Å². The van der Waals surface area contributed by atoms with Crippen LogP contribution in [0.25, 0.3) is 17.0 Å². The molecule has 0 aliphatic heterocycles. The largest absolute Gasteiger partial charge is 0.496 e. The van der Waals surface area contributed by atoms with Crippen LogP contribution in [0.4, 0.5) is 0 Å². The Hall–Kier alpha value is -4.65. The number of nitrogens with zero attached hydrogens (tertiary/aromatic N) is 5. The number of rotatable bonds is 9. The van der Waals surface area contributed by atoms with E-state index in [1.54, 1.807) is 48.0 Å². The summed E-state index contributed by atoms with van der Waals surface area (Å²) in [6, 6.07) is 19.5. The average molecular weight is 444 g/mol. The van der Waals surface area contributed by atoms with Gasteiger partial charge in [-0.1, -0.05) is 12.1 Å². The normalized spacial score (nSPS) is 10.4. The van der Waals surface area contributed by atoms with Crippen LogP contribution in [0.3, 0.4) is 0 Å². The van der Waals surface area contributed by atoms with E-state index in [1.807, 2.05) is 30.3 Å². The van der Waals surface area contributed by atoms with Gasteiger partial charge in [-0.15, -0.1) is 15.3 Å². The second-order valence-electron chi connectivity index (χ2n) is 6.79. The Kier molecular flexibility index (Phi) is 6.61. The number of amides is 1. The molecule has 0 atom stereocenters. The Morgan fingerprint density at radius 3 is 2.67 bits per heavy atom. The van der Waals surface area contributed by atoms with E-state index in [0.29, 0.717) is 34.4 Å². The fraction of sp³-hybridized carbons (Fsp3) is 0.174. The lowest BCUT2D eigenvalue weighted by Crippen LogP contribution is -2.32. The van der Waals surface area contributed by atoms with Gasteiger partial charge in [0.1, 0.15) is 18.1 Å². The van der Waals surface area contributed by atoms with E-state index in [-0.39, 0.29) is 25.7 Å². The predicted molar refractivity (Wildman–Crippen MR) is 118 cm³/mol. The monoisotopic (exact) mass is 444 g/mol. The lowest BCUT2D eigenvalue weighted by Gasteiger charge is -2.09. The first-order valence-electron chi connectivity index (χ1n) is 10.1. The molecule has 0 aliphatic rings. The van der Waals surface area contributed by atoms with Crippen molar-refractivity contribution in [3.05, 3.63) is 66.2 Å². The summed E-state index contributed by atoms with van der Waals surface area (Å²) in [6.07, 6.45) is 0. The van der Waals surface area contributed by atoms with E-state index in [2.05, 4.69) is 20.6 Å². The number of nitriles is 1. The van der Waals surface area contributed by atoms with Crippen molar-refractivity contribution in [2.45, 2.75) is 0 Å². The first kappa shape index (κ1) is 21.6. The molecule has 33 heavy (non-hydrogen) atoms. The van der Waals surface area contributed by atoms with Gasteiger partial charge >= 0.3 is 0 Å². The van der Waals surface area contributed by atoms with Crippen molar-refractivity contribution in [2.75, 3.05) is 26.9 Å². The van der Waals surface area contributed by atoms with Crippen LogP contribution < -0.4 is 19.5 Å². The number of methoxy groups -OCH3 is 1. The van der Waals surface area contributed by atoms with Crippen molar-refractivity contribution in [3.8, 4) is 34.8 Å². The van der Waals surface area contributed by atoms with Crippen molar-refractivity contribution >= 4 is 11.6 Å². The summed E-state index contributed by atoms with van der Waals surface area (Å²) in [6.45, 7) is 0.350. The highest BCUT2D eigenvalue weighted by Gasteiger charge is 2.14. The van der Waals surface area contributed by atoms with Gasteiger partial charge in [0.25, 0.3) is 5.91 Å². The summed E-state index contributed by atoms with van der Waals surface area (Å²) >= 11 is 0. The molecule has 10 heteroatoms. The fourth-order valence-electron chi connectivity index (χ4n) is 3.02. The lowest BCUT2D eigenvalue weighted by molar-refractivity contribution is -0.123. The zero-order valence-electron chi connectivity index (χ0n) is 17.8. The van der Waals surface area contributed by atoms with Gasteiger partial charge in [-0.3, -0.25) is 4.79 Å². The minimum atomic E-state index is -0.288. The maximum atomic E-state index is 12.0. The van der Waals surface area contributed by atoms with Crippen LogP contribution in [0.2, 0.25) is 0 Å². The van der Waals surface area contributed by atoms with Crippen LogP contribution in [-0.4, -0.2) is 52.6 Å². The molecule has 4 aromatic rings. The van der Waals surface area contributed by atoms with Gasteiger partial charge in [0, 0.05) is 6.07 Å². The van der Waals surface area contributed by atoms with Crippen molar-refractivity contribution in [1.82, 2.24) is 25.1 Å². The summed E-state index contributed by atoms with van der Waals surface area (Å²) in [5, 5.41) is 24.3. The van der Waals surface area contributed by atoms with Crippen molar-refractivity contribution in [3.63, 3.8) is 0 Å². The van der Waals surface area contributed by atoms with Gasteiger partial charge in [0.2, 0.25) is 5.88 Å². The number of hydrogen-bond donors (Lipinski definition) is 1. The molecule has 1 N–H and O–H groups in total. The molecule has 2 aromatic carbocycles. The van der Waals surface area contributed by atoms with Gasteiger partial charge in [-0.05, 0) is 42.5 Å². The van der Waals surface area contributed by atoms with Crippen molar-refractivity contribution in [2.24, 2.45) is 0 Å². The summed E-state index contributed by atoms with van der Waals surface area (Å²) in [5.41, 5.74) is 1.85. The van der Waals surface area contributed by atoms with E-state index >= 15 is 0 Å². The summed E-state index contributed by atoms with van der Waals surface area (Å²) in [4.78, 5) is 12.0. The first-order chi connectivity index (χ1) is 16.2. The Morgan fingerprint density at radius 1 is 1.06 bits per heavy atom. The second-order valence-corrected chi connectivity index (χ2v) is 6.79. The smallest absolute Gasteiger partial charge is 0.258 e. The van der Waals surface area contributed by atoms with E-state index in [0.717, 1.165) is 5.56 Å². The maximum Gasteiger partial charge on any atom is 0.258 e. The zero-order chi connectivity index (χ0) is 23.0. The summed E-state index contributed by atoms with van der Waals surface area (Å²) in [5.74, 6) is 1.77. The Bertz CT molecular complexity index is 1300. The standard InChI is InChI=1S/C23H20N6O4/c1-31-19-5-3-2-4-18(19)23-27-26-20-10-11-22(28-29(20)23)32-13-12-25-21(30)15-33-17-8-6-16(14-24)7-9-17/h2-11H,12-13,15H2,1H3,(H,25,30). The minimum Gasteiger partial charge on any atom is -0.496 e. The Labute approximate surface area is 189 Å². The molecule has 1 amide bonds. The molecule has 166 valence electrons. The summed E-state index contributed by atoms with van der Waals surface area (Å²) < 4.78 is 18.0. The number of nitrogens with one attached hydrogen (secondary N) is 1. The first-order valence-corrected chi connectivity index (χ1v) is 10.1. The number of fused-ring (bicyclic) bond motifs is 1. The number of hydrogen-bond acceptors (Lipinski definition) is 8. The fourth-order valence-corrected chi connectivity index (χ4v) is 3.02. The number of ether oxygens (including phenoxy) is 3. The Morgan fingerprint density at radius 2 is 1.88 bits per heavy atom. The molecule has 0 spiro atoms. The third-order valence-corrected chi connectivity index (χ3v) is 4.61. The highest BCUT2D eigenvalue weighted by Crippen LogP contribution is 2.28. The van der Waals surface area contributed by atoms with Gasteiger partial charge < -0.3 is 19.5 Å². The van der Waals surface area contributed by atoms with Crippen LogP contribution in [0, 0.1) is 11.3 Å². The predicted octanol–water partition coefficient (Wildman–Crippen LogP) is 2.25. The van der Waals surface area contributed by atoms with Crippen LogP contribution in [-0.2, 0) is 4.79 Å². The van der Waals surface area contributed by atoms with Crippen LogP contribution >= 0.6 is 0 Å². The number of carbonyl (C=O) groups is 1. The molecule has 0 saturated heterocycles. The SMILES string of the molecule is COc1ccccc1-c1nnc2ccc(OCCNC(=O)COc3ccc(C#N)cc3)nn12. The third-order valence-electron chi connectivity index (χ3n) is 4.61. The molecule has 0 aliphatic carbocycles. The topological polar surface area (TPSA) is 124 Å². The molecule has 0 bridgehead atoms. The van der Waals surface area contributed by atoms with Crippen LogP contribution in [0.5, 0.6) is 17.4 Å². The summed E-state index contributed by atoms with van der Waals surface area (Å²) in [7, 11) is 1.59. The average Bonchev–Trinajstić information content (AvgIpc) is 3.28. The quantitative estimate of drug-likeness (QED) is 0.390. The van der Waals surface area contributed by atoms with E-state index in [9.17, 15) is 4.79 Å². The minimum absolute atomic E-state index is 0.140. The molecule has 0 saturated carbocycles. The van der Waals surface area contributed by atoms with E-state index < -0.39 is 0 Å². The molecule has 0 radical (unpaired) electrons. The molecule has 2 heterocycles. The number of carbonyl (C=O) groups excluding carboxylic acids is 1. The van der Waals surface area contributed by atoms with E-state index in [4.69, 9.17) is 19.5 Å². The third kappa shape index (κ3) is 5.16. The van der Waals surface area contributed by atoms with Gasteiger partial charge in [-0.25, -0.2) is 0 Å².